The normalized spacial score (nSPS) is 19.0. The van der Waals surface area contributed by atoms with Gasteiger partial charge in [-0.05, 0) is 24.6 Å². The molecule has 0 radical (unpaired) electrons. The third kappa shape index (κ3) is 2.81. The summed E-state index contributed by atoms with van der Waals surface area (Å²) in [6.45, 7) is 1.01. The van der Waals surface area contributed by atoms with Gasteiger partial charge < -0.3 is 4.90 Å². The van der Waals surface area contributed by atoms with Crippen LogP contribution in [0.15, 0.2) is 36.8 Å². The molecule has 7 heteroatoms. The number of aromatic nitrogens is 3. The second kappa shape index (κ2) is 5.31. The second-order valence-corrected chi connectivity index (χ2v) is 4.91. The third-order valence-electron chi connectivity index (χ3n) is 3.53. The fourth-order valence-corrected chi connectivity index (χ4v) is 2.58. The van der Waals surface area contributed by atoms with Gasteiger partial charge in [-0.3, -0.25) is 0 Å². The summed E-state index contributed by atoms with van der Waals surface area (Å²) in [4.78, 5) is 13.6. The van der Waals surface area contributed by atoms with E-state index < -0.39 is 11.9 Å². The monoisotopic (exact) mass is 294 g/mol. The first-order valence-electron chi connectivity index (χ1n) is 6.60. The molecule has 0 saturated carbocycles. The highest BCUT2D eigenvalue weighted by Crippen LogP contribution is 2.37. The number of hydrogen-bond donors (Lipinski definition) is 0. The lowest BCUT2D eigenvalue weighted by molar-refractivity contribution is -0.140. The molecule has 0 N–H and O–H groups in total. The van der Waals surface area contributed by atoms with Crippen LogP contribution in [0.5, 0.6) is 0 Å². The highest BCUT2D eigenvalue weighted by molar-refractivity contribution is 5.53. The summed E-state index contributed by atoms with van der Waals surface area (Å²) in [5.74, 6) is 0.727. The smallest absolute Gasteiger partial charge is 0.369 e. The minimum Gasteiger partial charge on any atom is -0.369 e. The van der Waals surface area contributed by atoms with Crippen molar-refractivity contribution < 1.29 is 13.2 Å². The van der Waals surface area contributed by atoms with E-state index in [9.17, 15) is 13.2 Å². The molecule has 2 aromatic rings. The first kappa shape index (κ1) is 13.8. The number of hydrogen-bond acceptors (Lipinski definition) is 4. The van der Waals surface area contributed by atoms with Crippen LogP contribution in [0.4, 0.5) is 18.9 Å². The van der Waals surface area contributed by atoms with Gasteiger partial charge in [0, 0.05) is 37.6 Å². The van der Waals surface area contributed by atoms with Gasteiger partial charge in [0.15, 0.2) is 5.69 Å². The zero-order valence-corrected chi connectivity index (χ0v) is 11.1. The van der Waals surface area contributed by atoms with Gasteiger partial charge in [0.1, 0.15) is 5.82 Å². The summed E-state index contributed by atoms with van der Waals surface area (Å²) in [6, 6.07) is 4.71. The Bertz CT molecular complexity index is 615. The largest absolute Gasteiger partial charge is 0.435 e. The number of rotatable bonds is 2. The zero-order valence-electron chi connectivity index (χ0n) is 11.1. The highest BCUT2D eigenvalue weighted by atomic mass is 19.4. The SMILES string of the molecule is FC(F)(F)c1ncccc1N1CC[C@@H](c2ncccn2)C1. The Balaban J connectivity index is 1.84. The van der Waals surface area contributed by atoms with Gasteiger partial charge in [0.25, 0.3) is 0 Å². The third-order valence-corrected chi connectivity index (χ3v) is 3.53. The summed E-state index contributed by atoms with van der Waals surface area (Å²) in [5, 5.41) is 0. The van der Waals surface area contributed by atoms with E-state index in [-0.39, 0.29) is 11.6 Å². The summed E-state index contributed by atoms with van der Waals surface area (Å²) >= 11 is 0. The standard InChI is InChI=1S/C14H13F3N4/c15-14(16,17)12-11(3-1-5-18-12)21-8-4-10(9-21)13-19-6-2-7-20-13/h1-3,5-7,10H,4,8-9H2/t10-/m1/s1. The molecule has 1 fully saturated rings. The molecule has 0 spiro atoms. The predicted molar refractivity (Wildman–Crippen MR) is 70.8 cm³/mol. The Hall–Kier alpha value is -2.18. The molecule has 3 heterocycles. The summed E-state index contributed by atoms with van der Waals surface area (Å²) in [6.07, 6.45) is 0.751. The molecule has 0 bridgehead atoms. The van der Waals surface area contributed by atoms with Gasteiger partial charge in [0.05, 0.1) is 5.69 Å². The van der Waals surface area contributed by atoms with Crippen molar-refractivity contribution in [3.8, 4) is 0 Å². The molecule has 4 nitrogen and oxygen atoms in total. The predicted octanol–water partition coefficient (Wildman–Crippen LogP) is 2.88. The number of alkyl halides is 3. The van der Waals surface area contributed by atoms with Crippen LogP contribution in [0.25, 0.3) is 0 Å². The van der Waals surface area contributed by atoms with Crippen molar-refractivity contribution in [2.45, 2.75) is 18.5 Å². The maximum atomic E-state index is 13.0. The molecular formula is C14H13F3N4. The van der Waals surface area contributed by atoms with E-state index in [1.54, 1.807) is 23.4 Å². The molecule has 21 heavy (non-hydrogen) atoms. The van der Waals surface area contributed by atoms with E-state index in [1.807, 2.05) is 0 Å². The first-order valence-corrected chi connectivity index (χ1v) is 6.60. The topological polar surface area (TPSA) is 41.9 Å². The van der Waals surface area contributed by atoms with Crippen LogP contribution in [0, 0.1) is 0 Å². The van der Waals surface area contributed by atoms with E-state index in [2.05, 4.69) is 15.0 Å². The van der Waals surface area contributed by atoms with Crippen molar-refractivity contribution in [3.05, 3.63) is 48.3 Å². The number of halogens is 3. The van der Waals surface area contributed by atoms with E-state index in [0.29, 0.717) is 18.9 Å². The first-order chi connectivity index (χ1) is 10.1. The van der Waals surface area contributed by atoms with Gasteiger partial charge in [-0.15, -0.1) is 0 Å². The van der Waals surface area contributed by atoms with Crippen molar-refractivity contribution in [1.82, 2.24) is 15.0 Å². The lowest BCUT2D eigenvalue weighted by Gasteiger charge is -2.22. The minimum atomic E-state index is -4.45. The van der Waals surface area contributed by atoms with Crippen LogP contribution in [0.2, 0.25) is 0 Å². The van der Waals surface area contributed by atoms with Crippen molar-refractivity contribution >= 4 is 5.69 Å². The molecule has 0 aliphatic carbocycles. The highest BCUT2D eigenvalue weighted by Gasteiger charge is 2.38. The fraction of sp³-hybridized carbons (Fsp3) is 0.357. The van der Waals surface area contributed by atoms with E-state index >= 15 is 0 Å². The molecule has 1 aliphatic rings. The molecule has 1 saturated heterocycles. The van der Waals surface area contributed by atoms with Crippen LogP contribution >= 0.6 is 0 Å². The zero-order chi connectivity index (χ0) is 14.9. The van der Waals surface area contributed by atoms with Crippen molar-refractivity contribution in [3.63, 3.8) is 0 Å². The molecule has 2 aromatic heterocycles. The Kier molecular flexibility index (Phi) is 3.48. The summed E-state index contributed by atoms with van der Waals surface area (Å²) in [7, 11) is 0. The maximum Gasteiger partial charge on any atom is 0.435 e. The molecule has 1 atom stereocenters. The van der Waals surface area contributed by atoms with E-state index in [4.69, 9.17) is 0 Å². The Morgan fingerprint density at radius 1 is 1.05 bits per heavy atom. The van der Waals surface area contributed by atoms with Crippen molar-refractivity contribution in [2.24, 2.45) is 0 Å². The summed E-state index contributed by atoms with van der Waals surface area (Å²) in [5.41, 5.74) is -0.705. The van der Waals surface area contributed by atoms with Crippen molar-refractivity contribution in [2.75, 3.05) is 18.0 Å². The molecule has 110 valence electrons. The number of anilines is 1. The lowest BCUT2D eigenvalue weighted by atomic mass is 10.1. The number of nitrogens with zero attached hydrogens (tertiary/aromatic N) is 4. The molecular weight excluding hydrogens is 281 g/mol. The Morgan fingerprint density at radius 2 is 1.76 bits per heavy atom. The van der Waals surface area contributed by atoms with Crippen LogP contribution < -0.4 is 4.90 Å². The molecule has 0 aromatic carbocycles. The average molecular weight is 294 g/mol. The second-order valence-electron chi connectivity index (χ2n) is 4.91. The fourth-order valence-electron chi connectivity index (χ4n) is 2.58. The van der Waals surface area contributed by atoms with Crippen LogP contribution in [-0.4, -0.2) is 28.0 Å². The quantitative estimate of drug-likeness (QED) is 0.854. The lowest BCUT2D eigenvalue weighted by Crippen LogP contribution is -2.24. The molecule has 0 unspecified atom stereocenters. The van der Waals surface area contributed by atoms with Crippen LogP contribution in [-0.2, 0) is 6.18 Å². The van der Waals surface area contributed by atoms with Gasteiger partial charge in [-0.2, -0.15) is 13.2 Å². The molecule has 0 amide bonds. The van der Waals surface area contributed by atoms with E-state index in [0.717, 1.165) is 6.42 Å². The van der Waals surface area contributed by atoms with Crippen LogP contribution in [0.1, 0.15) is 23.9 Å². The van der Waals surface area contributed by atoms with Crippen molar-refractivity contribution in [1.29, 1.82) is 0 Å². The van der Waals surface area contributed by atoms with Gasteiger partial charge in [-0.25, -0.2) is 15.0 Å². The van der Waals surface area contributed by atoms with Gasteiger partial charge in [0.2, 0.25) is 0 Å². The van der Waals surface area contributed by atoms with E-state index in [1.165, 1.54) is 18.3 Å². The molecule has 1 aliphatic heterocycles. The Morgan fingerprint density at radius 3 is 2.48 bits per heavy atom. The number of pyridine rings is 1. The maximum absolute atomic E-state index is 13.0. The van der Waals surface area contributed by atoms with Crippen LogP contribution in [0.3, 0.4) is 0 Å². The average Bonchev–Trinajstić information content (AvgIpc) is 2.97. The summed E-state index contributed by atoms with van der Waals surface area (Å²) < 4.78 is 39.0. The molecule has 3 rings (SSSR count). The van der Waals surface area contributed by atoms with Gasteiger partial charge >= 0.3 is 6.18 Å². The Labute approximate surface area is 119 Å². The minimum absolute atomic E-state index is 0.0486. The van der Waals surface area contributed by atoms with Gasteiger partial charge in [-0.1, -0.05) is 0 Å².